The smallest absolute Gasteiger partial charge is 0.335 e. The van der Waals surface area contributed by atoms with Crippen molar-refractivity contribution in [2.75, 3.05) is 29.1 Å². The van der Waals surface area contributed by atoms with Crippen LogP contribution in [0.4, 0.5) is 29.2 Å². The van der Waals surface area contributed by atoms with Gasteiger partial charge in [-0.05, 0) is 55.0 Å². The average molecular weight is 633 g/mol. The van der Waals surface area contributed by atoms with Gasteiger partial charge in [-0.3, -0.25) is 0 Å². The van der Waals surface area contributed by atoms with E-state index in [1.807, 2.05) is 11.9 Å². The Labute approximate surface area is 274 Å². The van der Waals surface area contributed by atoms with Gasteiger partial charge in [0, 0.05) is 25.0 Å². The van der Waals surface area contributed by atoms with E-state index < -0.39 is 11.9 Å². The number of carbonyl (C=O) groups is 2. The van der Waals surface area contributed by atoms with Gasteiger partial charge in [-0.15, -0.1) is 0 Å². The molecular weight excluding hydrogens is 580 g/mol. The summed E-state index contributed by atoms with van der Waals surface area (Å²) in [6.07, 6.45) is 21.2. The summed E-state index contributed by atoms with van der Waals surface area (Å²) in [6.45, 7) is 3.06. The van der Waals surface area contributed by atoms with Crippen LogP contribution in [0.25, 0.3) is 0 Å². The van der Waals surface area contributed by atoms with E-state index in [0.717, 1.165) is 19.4 Å². The van der Waals surface area contributed by atoms with Crippen LogP contribution < -0.4 is 15.5 Å². The number of carboxylic acids is 2. The van der Waals surface area contributed by atoms with E-state index in [1.54, 1.807) is 24.3 Å². The topological polar surface area (TPSA) is 141 Å². The predicted octanol–water partition coefficient (Wildman–Crippen LogP) is 9.45. The van der Waals surface area contributed by atoms with Crippen LogP contribution in [0.5, 0.6) is 0 Å². The summed E-state index contributed by atoms with van der Waals surface area (Å²) in [6, 6.07) is 12.7. The van der Waals surface area contributed by atoms with E-state index in [-0.39, 0.29) is 11.1 Å². The second-order valence-electron chi connectivity index (χ2n) is 12.0. The van der Waals surface area contributed by atoms with Gasteiger partial charge < -0.3 is 25.7 Å². The molecule has 4 N–H and O–H groups in total. The Morgan fingerprint density at radius 2 is 0.913 bits per heavy atom. The third-order valence-electron chi connectivity index (χ3n) is 8.09. The lowest BCUT2D eigenvalue weighted by molar-refractivity contribution is 0.0686. The second kappa shape index (κ2) is 20.7. The van der Waals surface area contributed by atoms with Crippen molar-refractivity contribution in [1.29, 1.82) is 0 Å². The van der Waals surface area contributed by atoms with Crippen molar-refractivity contribution in [1.82, 2.24) is 15.0 Å². The number of hydrogen-bond donors (Lipinski definition) is 4. The maximum atomic E-state index is 11.2. The molecule has 0 fully saturated rings. The normalized spacial score (nSPS) is 10.9. The SMILES string of the molecule is CCCCCCCCCCCCCCCCCCN(C)c1nc(Nc2ccc(C(=O)O)cc2)nc(Nc2ccc(C(=O)O)cc2)n1. The molecule has 0 radical (unpaired) electrons. The summed E-state index contributed by atoms with van der Waals surface area (Å²) in [5.74, 6) is -0.895. The fraction of sp³-hybridized carbons (Fsp3) is 0.528. The summed E-state index contributed by atoms with van der Waals surface area (Å²) in [5, 5.41) is 24.7. The molecule has 0 aliphatic rings. The molecule has 10 heteroatoms. The third-order valence-corrected chi connectivity index (χ3v) is 8.09. The Kier molecular flexibility index (Phi) is 16.4. The molecule has 1 heterocycles. The fourth-order valence-electron chi connectivity index (χ4n) is 5.29. The zero-order valence-corrected chi connectivity index (χ0v) is 27.6. The Morgan fingerprint density at radius 1 is 0.565 bits per heavy atom. The molecule has 0 unspecified atom stereocenters. The summed E-state index contributed by atoms with van der Waals surface area (Å²) >= 11 is 0. The summed E-state index contributed by atoms with van der Waals surface area (Å²) in [5.41, 5.74) is 1.65. The summed E-state index contributed by atoms with van der Waals surface area (Å²) < 4.78 is 0. The number of rotatable bonds is 24. The van der Waals surface area contributed by atoms with Crippen molar-refractivity contribution < 1.29 is 19.8 Å². The second-order valence-corrected chi connectivity index (χ2v) is 12.0. The van der Waals surface area contributed by atoms with Gasteiger partial charge in [-0.1, -0.05) is 103 Å². The van der Waals surface area contributed by atoms with Crippen molar-refractivity contribution in [2.45, 2.75) is 110 Å². The number of anilines is 5. The minimum Gasteiger partial charge on any atom is -0.478 e. The van der Waals surface area contributed by atoms with E-state index >= 15 is 0 Å². The third kappa shape index (κ3) is 13.8. The fourth-order valence-corrected chi connectivity index (χ4v) is 5.29. The molecule has 0 bridgehead atoms. The number of hydrogen-bond acceptors (Lipinski definition) is 8. The number of unbranched alkanes of at least 4 members (excludes halogenated alkanes) is 15. The van der Waals surface area contributed by atoms with Crippen LogP contribution in [0.2, 0.25) is 0 Å². The largest absolute Gasteiger partial charge is 0.478 e. The number of nitrogens with zero attached hydrogens (tertiary/aromatic N) is 4. The van der Waals surface area contributed by atoms with Crippen LogP contribution in [-0.4, -0.2) is 50.7 Å². The van der Waals surface area contributed by atoms with E-state index in [0.29, 0.717) is 29.2 Å². The molecule has 0 saturated heterocycles. The van der Waals surface area contributed by atoms with Gasteiger partial charge in [0.25, 0.3) is 0 Å². The Bertz CT molecular complexity index is 1240. The number of carboxylic acid groups (broad SMARTS) is 2. The molecule has 2 aromatic carbocycles. The number of nitrogens with one attached hydrogen (secondary N) is 2. The number of aromatic carboxylic acids is 2. The molecule has 250 valence electrons. The van der Waals surface area contributed by atoms with Gasteiger partial charge in [0.05, 0.1) is 11.1 Å². The van der Waals surface area contributed by atoms with E-state index in [2.05, 4.69) is 32.5 Å². The maximum absolute atomic E-state index is 11.2. The van der Waals surface area contributed by atoms with Crippen LogP contribution in [0.1, 0.15) is 130 Å². The lowest BCUT2D eigenvalue weighted by Gasteiger charge is -2.19. The zero-order valence-electron chi connectivity index (χ0n) is 27.6. The van der Waals surface area contributed by atoms with E-state index in [4.69, 9.17) is 0 Å². The average Bonchev–Trinajstić information content (AvgIpc) is 3.05. The van der Waals surface area contributed by atoms with E-state index in [9.17, 15) is 19.8 Å². The lowest BCUT2D eigenvalue weighted by Crippen LogP contribution is -2.22. The molecule has 46 heavy (non-hydrogen) atoms. The predicted molar refractivity (Wildman–Crippen MR) is 186 cm³/mol. The van der Waals surface area contributed by atoms with Crippen LogP contribution in [0, 0.1) is 0 Å². The first kappa shape index (κ1) is 36.3. The molecule has 0 saturated carbocycles. The molecule has 0 amide bonds. The lowest BCUT2D eigenvalue weighted by atomic mass is 10.0. The molecule has 3 rings (SSSR count). The van der Waals surface area contributed by atoms with Gasteiger partial charge in [-0.2, -0.15) is 15.0 Å². The van der Waals surface area contributed by atoms with Crippen molar-refractivity contribution in [3.05, 3.63) is 59.7 Å². The van der Waals surface area contributed by atoms with Crippen LogP contribution in [0.3, 0.4) is 0 Å². The molecule has 3 aromatic rings. The summed E-state index contributed by atoms with van der Waals surface area (Å²) in [7, 11) is 1.96. The van der Waals surface area contributed by atoms with Gasteiger partial charge in [0.15, 0.2) is 0 Å². The first-order valence-corrected chi connectivity index (χ1v) is 17.0. The minimum atomic E-state index is -0.995. The molecule has 0 atom stereocenters. The van der Waals surface area contributed by atoms with Gasteiger partial charge in [0.1, 0.15) is 0 Å². The quantitative estimate of drug-likeness (QED) is 0.0706. The molecule has 10 nitrogen and oxygen atoms in total. The van der Waals surface area contributed by atoms with Crippen molar-refractivity contribution >= 4 is 41.2 Å². The summed E-state index contributed by atoms with van der Waals surface area (Å²) in [4.78, 5) is 38.2. The van der Waals surface area contributed by atoms with Gasteiger partial charge in [0.2, 0.25) is 17.8 Å². The first-order valence-electron chi connectivity index (χ1n) is 17.0. The highest BCUT2D eigenvalue weighted by molar-refractivity contribution is 5.88. The minimum absolute atomic E-state index is 0.188. The van der Waals surface area contributed by atoms with Crippen molar-refractivity contribution in [3.63, 3.8) is 0 Å². The maximum Gasteiger partial charge on any atom is 0.335 e. The highest BCUT2D eigenvalue weighted by Crippen LogP contribution is 2.22. The van der Waals surface area contributed by atoms with Crippen LogP contribution in [0.15, 0.2) is 48.5 Å². The molecule has 0 aliphatic carbocycles. The van der Waals surface area contributed by atoms with Crippen LogP contribution >= 0.6 is 0 Å². The number of benzene rings is 2. The molecule has 0 aliphatic heterocycles. The van der Waals surface area contributed by atoms with Crippen LogP contribution in [-0.2, 0) is 0 Å². The molecule has 1 aromatic heterocycles. The number of aromatic nitrogens is 3. The van der Waals surface area contributed by atoms with E-state index in [1.165, 1.54) is 114 Å². The Balaban J connectivity index is 1.45. The van der Waals surface area contributed by atoms with Gasteiger partial charge >= 0.3 is 11.9 Å². The van der Waals surface area contributed by atoms with Crippen molar-refractivity contribution in [2.24, 2.45) is 0 Å². The highest BCUT2D eigenvalue weighted by Gasteiger charge is 2.12. The highest BCUT2D eigenvalue weighted by atomic mass is 16.4. The monoisotopic (exact) mass is 632 g/mol. The zero-order chi connectivity index (χ0) is 33.0. The van der Waals surface area contributed by atoms with Crippen molar-refractivity contribution in [3.8, 4) is 0 Å². The molecular formula is C36H52N6O4. The molecule has 0 spiro atoms. The Morgan fingerprint density at radius 3 is 1.26 bits per heavy atom. The standard InChI is InChI=1S/C36H52N6O4/c1-3-4-5-6-7-8-9-10-11-12-13-14-15-16-17-18-27-42(2)36-40-34(37-30-23-19-28(20-24-30)32(43)44)39-35(41-36)38-31-25-21-29(22-26-31)33(45)46/h19-26H,3-18,27H2,1-2H3,(H,43,44)(H,45,46)(H2,37,38,39,40,41). The first-order chi connectivity index (χ1) is 22.4. The van der Waals surface area contributed by atoms with Gasteiger partial charge in [-0.25, -0.2) is 9.59 Å². The Hall–Kier alpha value is -4.21.